The van der Waals surface area contributed by atoms with Gasteiger partial charge in [0.1, 0.15) is 0 Å². The maximum Gasteiger partial charge on any atom is 0.0606 e. The largest absolute Gasteiger partial charge is 0.305 e. The van der Waals surface area contributed by atoms with E-state index in [1.807, 2.05) is 0 Å². The fraction of sp³-hybridized carbons (Fsp3) is 0.308. The van der Waals surface area contributed by atoms with E-state index in [0.717, 1.165) is 25.9 Å². The minimum absolute atomic E-state index is 0.170. The molecule has 0 bridgehead atoms. The first-order chi connectivity index (χ1) is 13.8. The third-order valence-corrected chi connectivity index (χ3v) is 6.24. The summed E-state index contributed by atoms with van der Waals surface area (Å²) in [6.07, 6.45) is 3.76. The molecule has 0 aromatic heterocycles. The van der Waals surface area contributed by atoms with Crippen molar-refractivity contribution in [1.29, 1.82) is 0 Å². The van der Waals surface area contributed by atoms with Gasteiger partial charge in [0.05, 0.1) is 6.17 Å². The van der Waals surface area contributed by atoms with Gasteiger partial charge in [0, 0.05) is 18.5 Å². The Hall–Kier alpha value is -2.42. The standard InChI is InChI=1S/C26H30N2/c1-27-25-20-26(24-15-9-4-10-16-24,19-22-11-5-2-6-12-22)17-18-28(25)21-23-13-7-3-8-14-23/h2-16,25,27H,17-21H2,1H3. The second-order valence-corrected chi connectivity index (χ2v) is 8.02. The van der Waals surface area contributed by atoms with Gasteiger partial charge in [-0.2, -0.15) is 0 Å². The van der Waals surface area contributed by atoms with Crippen LogP contribution in [0.15, 0.2) is 91.0 Å². The maximum absolute atomic E-state index is 3.61. The summed E-state index contributed by atoms with van der Waals surface area (Å²) in [5.41, 5.74) is 4.46. The van der Waals surface area contributed by atoms with Crippen molar-refractivity contribution in [1.82, 2.24) is 10.2 Å². The predicted octanol–water partition coefficient (Wildman–Crippen LogP) is 5.01. The Labute approximate surface area is 169 Å². The third-order valence-electron chi connectivity index (χ3n) is 6.24. The van der Waals surface area contributed by atoms with Crippen molar-refractivity contribution in [2.75, 3.05) is 13.6 Å². The molecule has 3 aromatic rings. The number of rotatable bonds is 6. The van der Waals surface area contributed by atoms with Gasteiger partial charge in [-0.15, -0.1) is 0 Å². The summed E-state index contributed by atoms with van der Waals surface area (Å²) in [5.74, 6) is 0. The van der Waals surface area contributed by atoms with Crippen molar-refractivity contribution in [3.05, 3.63) is 108 Å². The Morgan fingerprint density at radius 1 is 0.821 bits per heavy atom. The molecule has 1 N–H and O–H groups in total. The normalized spacial score (nSPS) is 22.8. The fourth-order valence-electron chi connectivity index (χ4n) is 4.71. The highest BCUT2D eigenvalue weighted by Gasteiger charge is 2.40. The van der Waals surface area contributed by atoms with Crippen molar-refractivity contribution in [3.63, 3.8) is 0 Å². The molecule has 2 heteroatoms. The molecule has 3 aromatic carbocycles. The van der Waals surface area contributed by atoms with Gasteiger partial charge in [0.15, 0.2) is 0 Å². The van der Waals surface area contributed by atoms with Crippen molar-refractivity contribution in [2.45, 2.75) is 37.4 Å². The van der Waals surface area contributed by atoms with Crippen LogP contribution in [0.3, 0.4) is 0 Å². The van der Waals surface area contributed by atoms with Crippen molar-refractivity contribution >= 4 is 0 Å². The van der Waals surface area contributed by atoms with E-state index in [1.165, 1.54) is 23.1 Å². The molecule has 1 saturated heterocycles. The second-order valence-electron chi connectivity index (χ2n) is 8.02. The van der Waals surface area contributed by atoms with Crippen molar-refractivity contribution in [3.8, 4) is 0 Å². The van der Waals surface area contributed by atoms with Crippen LogP contribution in [-0.4, -0.2) is 24.7 Å². The third kappa shape index (κ3) is 4.19. The van der Waals surface area contributed by atoms with Crippen LogP contribution >= 0.6 is 0 Å². The highest BCUT2D eigenvalue weighted by atomic mass is 15.3. The number of piperidine rings is 1. The zero-order chi connectivity index (χ0) is 19.2. The maximum atomic E-state index is 3.61. The quantitative estimate of drug-likeness (QED) is 0.656. The fourth-order valence-corrected chi connectivity index (χ4v) is 4.71. The number of hydrogen-bond acceptors (Lipinski definition) is 2. The summed E-state index contributed by atoms with van der Waals surface area (Å²) in [6, 6.07) is 32.9. The van der Waals surface area contributed by atoms with E-state index >= 15 is 0 Å². The zero-order valence-corrected chi connectivity index (χ0v) is 16.7. The number of hydrogen-bond donors (Lipinski definition) is 1. The first-order valence-electron chi connectivity index (χ1n) is 10.3. The average Bonchev–Trinajstić information content (AvgIpc) is 2.77. The lowest BCUT2D eigenvalue weighted by atomic mass is 9.68. The van der Waals surface area contributed by atoms with Gasteiger partial charge >= 0.3 is 0 Å². The summed E-state index contributed by atoms with van der Waals surface area (Å²) >= 11 is 0. The van der Waals surface area contributed by atoms with Gasteiger partial charge in [-0.25, -0.2) is 0 Å². The van der Waals surface area contributed by atoms with Crippen LogP contribution in [-0.2, 0) is 18.4 Å². The van der Waals surface area contributed by atoms with Crippen LogP contribution in [0.2, 0.25) is 0 Å². The molecule has 28 heavy (non-hydrogen) atoms. The lowest BCUT2D eigenvalue weighted by molar-refractivity contribution is 0.0682. The first kappa shape index (κ1) is 18.9. The minimum atomic E-state index is 0.170. The number of nitrogens with zero attached hydrogens (tertiary/aromatic N) is 1. The van der Waals surface area contributed by atoms with E-state index < -0.39 is 0 Å². The molecule has 2 unspecified atom stereocenters. The molecule has 1 aliphatic heterocycles. The summed E-state index contributed by atoms with van der Waals surface area (Å²) in [7, 11) is 2.10. The molecule has 0 radical (unpaired) electrons. The van der Waals surface area contributed by atoms with Gasteiger partial charge in [-0.3, -0.25) is 4.90 Å². The molecule has 1 fully saturated rings. The Bertz CT molecular complexity index is 847. The highest BCUT2D eigenvalue weighted by Crippen LogP contribution is 2.41. The molecule has 4 rings (SSSR count). The van der Waals surface area contributed by atoms with Gasteiger partial charge in [0.2, 0.25) is 0 Å². The van der Waals surface area contributed by atoms with Crippen LogP contribution in [0, 0.1) is 0 Å². The number of benzene rings is 3. The molecule has 1 aliphatic rings. The molecule has 0 aliphatic carbocycles. The highest BCUT2D eigenvalue weighted by molar-refractivity contribution is 5.31. The zero-order valence-electron chi connectivity index (χ0n) is 16.7. The lowest BCUT2D eigenvalue weighted by Gasteiger charge is -2.47. The number of nitrogens with one attached hydrogen (secondary N) is 1. The van der Waals surface area contributed by atoms with Gasteiger partial charge in [-0.05, 0) is 43.0 Å². The smallest absolute Gasteiger partial charge is 0.0606 e. The van der Waals surface area contributed by atoms with E-state index in [1.54, 1.807) is 0 Å². The predicted molar refractivity (Wildman–Crippen MR) is 117 cm³/mol. The van der Waals surface area contributed by atoms with Crippen LogP contribution in [0.1, 0.15) is 29.5 Å². The average molecular weight is 371 g/mol. The van der Waals surface area contributed by atoms with E-state index in [-0.39, 0.29) is 5.41 Å². The summed E-state index contributed by atoms with van der Waals surface area (Å²) in [5, 5.41) is 3.61. The SMILES string of the molecule is CNC1CC(Cc2ccccc2)(c2ccccc2)CCN1Cc1ccccc1. The molecule has 2 nitrogen and oxygen atoms in total. The van der Waals surface area contributed by atoms with E-state index in [4.69, 9.17) is 0 Å². The van der Waals surface area contributed by atoms with Gasteiger partial charge in [-0.1, -0.05) is 91.0 Å². The van der Waals surface area contributed by atoms with E-state index in [2.05, 4.69) is 108 Å². The molecule has 0 amide bonds. The Morgan fingerprint density at radius 2 is 1.39 bits per heavy atom. The van der Waals surface area contributed by atoms with Crippen molar-refractivity contribution in [2.24, 2.45) is 0 Å². The number of likely N-dealkylation sites (tertiary alicyclic amines) is 1. The molecule has 144 valence electrons. The Balaban J connectivity index is 1.61. The summed E-state index contributed by atoms with van der Waals surface area (Å²) < 4.78 is 0. The summed E-state index contributed by atoms with van der Waals surface area (Å²) in [6.45, 7) is 2.10. The molecule has 1 heterocycles. The van der Waals surface area contributed by atoms with Crippen LogP contribution in [0.5, 0.6) is 0 Å². The Kier molecular flexibility index (Phi) is 5.90. The van der Waals surface area contributed by atoms with Crippen LogP contribution < -0.4 is 5.32 Å². The lowest BCUT2D eigenvalue weighted by Crippen LogP contribution is -2.54. The molecular formula is C26H30N2. The van der Waals surface area contributed by atoms with E-state index in [0.29, 0.717) is 6.17 Å². The topological polar surface area (TPSA) is 15.3 Å². The Morgan fingerprint density at radius 3 is 2.00 bits per heavy atom. The molecular weight excluding hydrogens is 340 g/mol. The first-order valence-corrected chi connectivity index (χ1v) is 10.3. The molecule has 2 atom stereocenters. The summed E-state index contributed by atoms with van der Waals surface area (Å²) in [4.78, 5) is 2.60. The molecule has 0 saturated carbocycles. The van der Waals surface area contributed by atoms with Gasteiger partial charge < -0.3 is 5.32 Å². The second kappa shape index (κ2) is 8.72. The minimum Gasteiger partial charge on any atom is -0.305 e. The van der Waals surface area contributed by atoms with Crippen LogP contribution in [0.25, 0.3) is 0 Å². The molecule has 0 spiro atoms. The van der Waals surface area contributed by atoms with E-state index in [9.17, 15) is 0 Å². The van der Waals surface area contributed by atoms with Crippen molar-refractivity contribution < 1.29 is 0 Å². The monoisotopic (exact) mass is 370 g/mol. The van der Waals surface area contributed by atoms with Gasteiger partial charge in [0.25, 0.3) is 0 Å². The van der Waals surface area contributed by atoms with Crippen LogP contribution in [0.4, 0.5) is 0 Å².